The molecule has 2 heterocycles. The molecule has 1 aliphatic rings. The van der Waals surface area contributed by atoms with Crippen molar-refractivity contribution in [2.75, 3.05) is 13.2 Å². The molecule has 2 aromatic rings. The van der Waals surface area contributed by atoms with E-state index in [1.54, 1.807) is 0 Å². The Kier molecular flexibility index (Phi) is 2.37. The minimum Gasteiger partial charge on any atom is -0.486 e. The van der Waals surface area contributed by atoms with Crippen molar-refractivity contribution in [3.63, 3.8) is 0 Å². The van der Waals surface area contributed by atoms with Crippen molar-refractivity contribution in [2.45, 2.75) is 6.54 Å². The second-order valence-electron chi connectivity index (χ2n) is 3.53. The lowest BCUT2D eigenvalue weighted by atomic mass is 10.2. The molecular formula is C10H11N5O2. The molecule has 0 aliphatic carbocycles. The first kappa shape index (κ1) is 10.0. The van der Waals surface area contributed by atoms with Crippen molar-refractivity contribution in [2.24, 2.45) is 5.73 Å². The standard InChI is InChI=1S/C10H11N5O2/c11-6-10-12-14-15(13-10)7-1-2-8-9(5-7)17-4-3-16-8/h1-2,5H,3-4,6,11H2. The summed E-state index contributed by atoms with van der Waals surface area (Å²) in [4.78, 5) is 1.42. The van der Waals surface area contributed by atoms with E-state index in [2.05, 4.69) is 15.4 Å². The third-order valence-electron chi connectivity index (χ3n) is 2.39. The fraction of sp³-hybridized carbons (Fsp3) is 0.300. The summed E-state index contributed by atoms with van der Waals surface area (Å²) >= 11 is 0. The summed E-state index contributed by atoms with van der Waals surface area (Å²) in [6.45, 7) is 1.39. The number of rotatable bonds is 2. The zero-order chi connectivity index (χ0) is 11.7. The van der Waals surface area contributed by atoms with E-state index < -0.39 is 0 Å². The van der Waals surface area contributed by atoms with E-state index in [1.165, 1.54) is 4.80 Å². The summed E-state index contributed by atoms with van der Waals surface area (Å²) in [6, 6.07) is 5.49. The molecule has 3 rings (SSSR count). The van der Waals surface area contributed by atoms with Gasteiger partial charge in [0, 0.05) is 6.07 Å². The van der Waals surface area contributed by atoms with Gasteiger partial charge in [-0.25, -0.2) is 0 Å². The monoisotopic (exact) mass is 233 g/mol. The highest BCUT2D eigenvalue weighted by atomic mass is 16.6. The van der Waals surface area contributed by atoms with Crippen molar-refractivity contribution < 1.29 is 9.47 Å². The van der Waals surface area contributed by atoms with E-state index in [0.717, 1.165) is 11.4 Å². The number of hydrogen-bond donors (Lipinski definition) is 1. The maximum absolute atomic E-state index is 5.48. The summed E-state index contributed by atoms with van der Waals surface area (Å²) in [5.41, 5.74) is 6.19. The first-order valence-electron chi connectivity index (χ1n) is 5.26. The Bertz CT molecular complexity index is 539. The largest absolute Gasteiger partial charge is 0.486 e. The first-order chi connectivity index (χ1) is 8.36. The number of fused-ring (bicyclic) bond motifs is 1. The highest BCUT2D eigenvalue weighted by molar-refractivity contribution is 5.48. The zero-order valence-corrected chi connectivity index (χ0v) is 9.04. The Morgan fingerprint density at radius 1 is 1.24 bits per heavy atom. The number of nitrogens with zero attached hydrogens (tertiary/aromatic N) is 4. The Labute approximate surface area is 97.1 Å². The van der Waals surface area contributed by atoms with Crippen molar-refractivity contribution in [3.8, 4) is 17.2 Å². The lowest BCUT2D eigenvalue weighted by molar-refractivity contribution is 0.171. The van der Waals surface area contributed by atoms with Crippen LogP contribution in [0.25, 0.3) is 5.69 Å². The van der Waals surface area contributed by atoms with Gasteiger partial charge in [-0.1, -0.05) is 0 Å². The maximum atomic E-state index is 5.48. The smallest absolute Gasteiger partial charge is 0.188 e. The van der Waals surface area contributed by atoms with E-state index in [9.17, 15) is 0 Å². The maximum Gasteiger partial charge on any atom is 0.188 e. The molecular weight excluding hydrogens is 222 g/mol. The van der Waals surface area contributed by atoms with Crippen LogP contribution in [0.3, 0.4) is 0 Å². The lowest BCUT2D eigenvalue weighted by Crippen LogP contribution is -2.15. The highest BCUT2D eigenvalue weighted by Gasteiger charge is 2.13. The number of tetrazole rings is 1. The number of benzene rings is 1. The average molecular weight is 233 g/mol. The van der Waals surface area contributed by atoms with Crippen molar-refractivity contribution in [3.05, 3.63) is 24.0 Å². The van der Waals surface area contributed by atoms with E-state index >= 15 is 0 Å². The van der Waals surface area contributed by atoms with Crippen LogP contribution in [-0.2, 0) is 6.54 Å². The SMILES string of the molecule is NCc1nnn(-c2ccc3c(c2)OCCO3)n1. The van der Waals surface area contributed by atoms with Crippen LogP contribution >= 0.6 is 0 Å². The topological polar surface area (TPSA) is 88.1 Å². The average Bonchev–Trinajstić information content (AvgIpc) is 2.87. The number of ether oxygens (including phenoxy) is 2. The van der Waals surface area contributed by atoms with Gasteiger partial charge in [-0.3, -0.25) is 0 Å². The molecule has 0 unspecified atom stereocenters. The van der Waals surface area contributed by atoms with Crippen LogP contribution in [0, 0.1) is 0 Å². The Morgan fingerprint density at radius 2 is 2.06 bits per heavy atom. The molecule has 7 nitrogen and oxygen atoms in total. The van der Waals surface area contributed by atoms with Crippen molar-refractivity contribution >= 4 is 0 Å². The molecule has 17 heavy (non-hydrogen) atoms. The molecule has 7 heteroatoms. The second kappa shape index (κ2) is 4.02. The normalized spacial score (nSPS) is 13.7. The van der Waals surface area contributed by atoms with Gasteiger partial charge in [0.15, 0.2) is 17.3 Å². The molecule has 0 fully saturated rings. The summed E-state index contributed by atoms with van der Waals surface area (Å²) in [5.74, 6) is 1.93. The second-order valence-corrected chi connectivity index (χ2v) is 3.53. The van der Waals surface area contributed by atoms with Gasteiger partial charge < -0.3 is 15.2 Å². The van der Waals surface area contributed by atoms with Gasteiger partial charge in [-0.2, -0.15) is 0 Å². The molecule has 2 N–H and O–H groups in total. The van der Waals surface area contributed by atoms with E-state index in [0.29, 0.717) is 24.8 Å². The molecule has 0 saturated heterocycles. The van der Waals surface area contributed by atoms with Crippen molar-refractivity contribution in [1.82, 2.24) is 20.2 Å². The third-order valence-corrected chi connectivity index (χ3v) is 2.39. The Morgan fingerprint density at radius 3 is 2.82 bits per heavy atom. The van der Waals surface area contributed by atoms with Crippen LogP contribution in [-0.4, -0.2) is 33.4 Å². The fourth-order valence-corrected chi connectivity index (χ4v) is 1.59. The molecule has 0 atom stereocenters. The van der Waals surface area contributed by atoms with Crippen LogP contribution in [0.2, 0.25) is 0 Å². The van der Waals surface area contributed by atoms with E-state index in [4.69, 9.17) is 15.2 Å². The van der Waals surface area contributed by atoms with Crippen LogP contribution in [0.5, 0.6) is 11.5 Å². The predicted molar refractivity (Wildman–Crippen MR) is 58.0 cm³/mol. The van der Waals surface area contributed by atoms with Gasteiger partial charge >= 0.3 is 0 Å². The Balaban J connectivity index is 1.97. The first-order valence-corrected chi connectivity index (χ1v) is 5.26. The molecule has 0 spiro atoms. The molecule has 0 amide bonds. The van der Waals surface area contributed by atoms with Gasteiger partial charge in [-0.05, 0) is 17.3 Å². The molecule has 1 aromatic heterocycles. The van der Waals surface area contributed by atoms with Gasteiger partial charge in [0.1, 0.15) is 13.2 Å². The molecule has 88 valence electrons. The minimum atomic E-state index is 0.268. The van der Waals surface area contributed by atoms with Crippen LogP contribution < -0.4 is 15.2 Å². The minimum absolute atomic E-state index is 0.268. The fourth-order valence-electron chi connectivity index (χ4n) is 1.59. The predicted octanol–water partition coefficient (Wildman–Crippen LogP) is -0.108. The molecule has 0 bridgehead atoms. The van der Waals surface area contributed by atoms with Gasteiger partial charge in [0.05, 0.1) is 12.2 Å². The summed E-state index contributed by atoms with van der Waals surface area (Å²) in [7, 11) is 0. The molecule has 0 radical (unpaired) electrons. The van der Waals surface area contributed by atoms with Crippen LogP contribution in [0.4, 0.5) is 0 Å². The molecule has 1 aromatic carbocycles. The van der Waals surface area contributed by atoms with Crippen molar-refractivity contribution in [1.29, 1.82) is 0 Å². The number of aromatic nitrogens is 4. The molecule has 1 aliphatic heterocycles. The van der Waals surface area contributed by atoms with E-state index in [-0.39, 0.29) is 6.54 Å². The van der Waals surface area contributed by atoms with Gasteiger partial charge in [0.25, 0.3) is 0 Å². The number of hydrogen-bond acceptors (Lipinski definition) is 6. The quantitative estimate of drug-likeness (QED) is 0.778. The van der Waals surface area contributed by atoms with Gasteiger partial charge in [0.2, 0.25) is 0 Å². The highest BCUT2D eigenvalue weighted by Crippen LogP contribution is 2.31. The van der Waals surface area contributed by atoms with Crippen LogP contribution in [0.15, 0.2) is 18.2 Å². The number of nitrogens with two attached hydrogens (primary N) is 1. The zero-order valence-electron chi connectivity index (χ0n) is 9.04. The summed E-state index contributed by atoms with van der Waals surface area (Å²) in [6.07, 6.45) is 0. The lowest BCUT2D eigenvalue weighted by Gasteiger charge is -2.18. The Hall–Kier alpha value is -2.15. The third kappa shape index (κ3) is 1.80. The van der Waals surface area contributed by atoms with E-state index in [1.807, 2.05) is 18.2 Å². The summed E-state index contributed by atoms with van der Waals surface area (Å²) in [5, 5.41) is 11.8. The molecule has 0 saturated carbocycles. The van der Waals surface area contributed by atoms with Crippen LogP contribution in [0.1, 0.15) is 5.82 Å². The summed E-state index contributed by atoms with van der Waals surface area (Å²) < 4.78 is 10.9. The van der Waals surface area contributed by atoms with Gasteiger partial charge in [-0.15, -0.1) is 15.0 Å².